The van der Waals surface area contributed by atoms with Gasteiger partial charge in [0.2, 0.25) is 0 Å². The number of rotatable bonds is 4. The smallest absolute Gasteiger partial charge is 0.311 e. The number of halogens is 1. The van der Waals surface area contributed by atoms with Crippen molar-refractivity contribution in [1.29, 1.82) is 0 Å². The molecule has 4 heteroatoms. The maximum absolute atomic E-state index is 11.7. The molecule has 0 aliphatic carbocycles. The van der Waals surface area contributed by atoms with E-state index in [1.165, 1.54) is 5.57 Å². The van der Waals surface area contributed by atoms with Crippen molar-refractivity contribution >= 4 is 21.9 Å². The summed E-state index contributed by atoms with van der Waals surface area (Å²) in [6, 6.07) is 7.29. The highest BCUT2D eigenvalue weighted by Crippen LogP contribution is 2.18. The van der Waals surface area contributed by atoms with Gasteiger partial charge in [-0.25, -0.2) is 0 Å². The number of ether oxygens (including phenoxy) is 1. The predicted molar refractivity (Wildman–Crippen MR) is 74.6 cm³/mol. The molecule has 0 saturated carbocycles. The maximum atomic E-state index is 11.7. The summed E-state index contributed by atoms with van der Waals surface area (Å²) in [5.41, 5.74) is 1.35. The molecule has 0 fully saturated rings. The maximum Gasteiger partial charge on any atom is 0.311 e. The first-order valence-corrected chi connectivity index (χ1v) is 6.88. The van der Waals surface area contributed by atoms with E-state index in [1.54, 1.807) is 12.1 Å². The van der Waals surface area contributed by atoms with E-state index in [4.69, 9.17) is 4.74 Å². The van der Waals surface area contributed by atoms with Crippen LogP contribution >= 0.6 is 15.9 Å². The van der Waals surface area contributed by atoms with Crippen LogP contribution in [0.2, 0.25) is 0 Å². The molecule has 1 aromatic carbocycles. The van der Waals surface area contributed by atoms with Crippen LogP contribution in [0.1, 0.15) is 19.3 Å². The van der Waals surface area contributed by atoms with E-state index in [9.17, 15) is 4.79 Å². The summed E-state index contributed by atoms with van der Waals surface area (Å²) in [5.74, 6) is 0.430. The lowest BCUT2D eigenvalue weighted by molar-refractivity contribution is -0.134. The SMILES string of the molecule is O=C(CCC1=CCNCC1)Oc1ccc(Br)cc1. The van der Waals surface area contributed by atoms with Crippen LogP contribution in [0, 0.1) is 0 Å². The first-order chi connectivity index (χ1) is 8.74. The van der Waals surface area contributed by atoms with Crippen molar-refractivity contribution in [3.8, 4) is 5.75 Å². The second kappa shape index (κ2) is 6.71. The molecule has 0 amide bonds. The lowest BCUT2D eigenvalue weighted by atomic mass is 10.0. The molecule has 1 aliphatic heterocycles. The van der Waals surface area contributed by atoms with Gasteiger partial charge in [0, 0.05) is 17.4 Å². The van der Waals surface area contributed by atoms with Gasteiger partial charge in [0.1, 0.15) is 5.75 Å². The van der Waals surface area contributed by atoms with Crippen molar-refractivity contribution in [2.45, 2.75) is 19.3 Å². The van der Waals surface area contributed by atoms with Gasteiger partial charge in [0.25, 0.3) is 0 Å². The molecule has 3 nitrogen and oxygen atoms in total. The second-order valence-corrected chi connectivity index (χ2v) is 5.16. The first kappa shape index (κ1) is 13.3. The van der Waals surface area contributed by atoms with Crippen molar-refractivity contribution in [3.05, 3.63) is 40.4 Å². The molecule has 1 N–H and O–H groups in total. The Labute approximate surface area is 115 Å². The van der Waals surface area contributed by atoms with Crippen LogP contribution in [0.15, 0.2) is 40.4 Å². The van der Waals surface area contributed by atoms with Crippen LogP contribution in [0.5, 0.6) is 5.75 Å². The van der Waals surface area contributed by atoms with Gasteiger partial charge in [0.15, 0.2) is 0 Å². The minimum Gasteiger partial charge on any atom is -0.427 e. The molecule has 96 valence electrons. The van der Waals surface area contributed by atoms with Crippen molar-refractivity contribution in [3.63, 3.8) is 0 Å². The third kappa shape index (κ3) is 4.27. The number of carbonyl (C=O) groups is 1. The molecule has 0 spiro atoms. The van der Waals surface area contributed by atoms with E-state index in [0.717, 1.165) is 30.4 Å². The molecular formula is C14H16BrNO2. The van der Waals surface area contributed by atoms with E-state index < -0.39 is 0 Å². The minimum atomic E-state index is -0.170. The van der Waals surface area contributed by atoms with Gasteiger partial charge >= 0.3 is 5.97 Å². The van der Waals surface area contributed by atoms with Gasteiger partial charge in [0.05, 0.1) is 0 Å². The number of hydrogen-bond donors (Lipinski definition) is 1. The fourth-order valence-corrected chi connectivity index (χ4v) is 2.11. The first-order valence-electron chi connectivity index (χ1n) is 6.09. The number of nitrogens with one attached hydrogen (secondary N) is 1. The molecule has 0 atom stereocenters. The molecule has 0 unspecified atom stereocenters. The summed E-state index contributed by atoms with van der Waals surface area (Å²) < 4.78 is 6.23. The molecule has 18 heavy (non-hydrogen) atoms. The Kier molecular flexibility index (Phi) is 4.96. The highest BCUT2D eigenvalue weighted by atomic mass is 79.9. The Morgan fingerprint density at radius 3 is 2.78 bits per heavy atom. The number of carbonyl (C=O) groups excluding carboxylic acids is 1. The normalized spacial score (nSPS) is 15.1. The molecule has 1 aromatic rings. The zero-order valence-electron chi connectivity index (χ0n) is 10.1. The second-order valence-electron chi connectivity index (χ2n) is 4.24. The standard InChI is InChI=1S/C14H16BrNO2/c15-12-2-4-13(5-3-12)18-14(17)6-1-11-7-9-16-10-8-11/h2-5,7,16H,1,6,8-10H2. The summed E-state index contributed by atoms with van der Waals surface area (Å²) in [6.45, 7) is 1.92. The van der Waals surface area contributed by atoms with E-state index >= 15 is 0 Å². The minimum absolute atomic E-state index is 0.170. The molecule has 0 bridgehead atoms. The van der Waals surface area contributed by atoms with Crippen LogP contribution in [0.25, 0.3) is 0 Å². The van der Waals surface area contributed by atoms with Crippen LogP contribution in [-0.2, 0) is 4.79 Å². The van der Waals surface area contributed by atoms with E-state index in [0.29, 0.717) is 12.2 Å². The fraction of sp³-hybridized carbons (Fsp3) is 0.357. The molecule has 1 aliphatic rings. The summed E-state index contributed by atoms with van der Waals surface area (Å²) in [4.78, 5) is 11.7. The zero-order chi connectivity index (χ0) is 12.8. The summed E-state index contributed by atoms with van der Waals surface area (Å²) >= 11 is 3.34. The average Bonchev–Trinajstić information content (AvgIpc) is 2.40. The lowest BCUT2D eigenvalue weighted by Crippen LogP contribution is -2.21. The average molecular weight is 310 g/mol. The monoisotopic (exact) mass is 309 g/mol. The lowest BCUT2D eigenvalue weighted by Gasteiger charge is -2.13. The Hall–Kier alpha value is -1.13. The third-order valence-electron chi connectivity index (χ3n) is 2.85. The topological polar surface area (TPSA) is 38.3 Å². The molecule has 2 rings (SSSR count). The summed E-state index contributed by atoms with van der Waals surface area (Å²) in [6.07, 6.45) is 4.45. The largest absolute Gasteiger partial charge is 0.427 e. The quantitative estimate of drug-likeness (QED) is 0.528. The van der Waals surface area contributed by atoms with Crippen molar-refractivity contribution in [1.82, 2.24) is 5.32 Å². The zero-order valence-corrected chi connectivity index (χ0v) is 11.7. The van der Waals surface area contributed by atoms with Crippen molar-refractivity contribution in [2.75, 3.05) is 13.1 Å². The van der Waals surface area contributed by atoms with E-state index in [2.05, 4.69) is 27.3 Å². The predicted octanol–water partition coefficient (Wildman–Crippen LogP) is 3.05. The van der Waals surface area contributed by atoms with Crippen LogP contribution < -0.4 is 10.1 Å². The summed E-state index contributed by atoms with van der Waals surface area (Å²) in [5, 5.41) is 3.25. The summed E-state index contributed by atoms with van der Waals surface area (Å²) in [7, 11) is 0. The highest BCUT2D eigenvalue weighted by Gasteiger charge is 2.08. The van der Waals surface area contributed by atoms with E-state index in [-0.39, 0.29) is 5.97 Å². The van der Waals surface area contributed by atoms with Crippen LogP contribution in [0.3, 0.4) is 0 Å². The van der Waals surface area contributed by atoms with Gasteiger partial charge in [-0.3, -0.25) is 4.79 Å². The molecular weight excluding hydrogens is 294 g/mol. The highest BCUT2D eigenvalue weighted by molar-refractivity contribution is 9.10. The number of hydrogen-bond acceptors (Lipinski definition) is 3. The van der Waals surface area contributed by atoms with E-state index in [1.807, 2.05) is 12.1 Å². The fourth-order valence-electron chi connectivity index (χ4n) is 1.84. The van der Waals surface area contributed by atoms with Gasteiger partial charge in [-0.05, 0) is 43.7 Å². The molecule has 0 radical (unpaired) electrons. The van der Waals surface area contributed by atoms with Gasteiger partial charge in [-0.15, -0.1) is 0 Å². The Morgan fingerprint density at radius 1 is 1.33 bits per heavy atom. The van der Waals surface area contributed by atoms with Crippen molar-refractivity contribution < 1.29 is 9.53 Å². The van der Waals surface area contributed by atoms with Crippen molar-refractivity contribution in [2.24, 2.45) is 0 Å². The van der Waals surface area contributed by atoms with Gasteiger partial charge in [-0.1, -0.05) is 27.6 Å². The number of benzene rings is 1. The Morgan fingerprint density at radius 2 is 2.11 bits per heavy atom. The number of esters is 1. The molecule has 0 saturated heterocycles. The Balaban J connectivity index is 1.78. The van der Waals surface area contributed by atoms with Crippen LogP contribution in [0.4, 0.5) is 0 Å². The van der Waals surface area contributed by atoms with Gasteiger partial charge in [-0.2, -0.15) is 0 Å². The van der Waals surface area contributed by atoms with Crippen LogP contribution in [-0.4, -0.2) is 19.1 Å². The van der Waals surface area contributed by atoms with Gasteiger partial charge < -0.3 is 10.1 Å². The third-order valence-corrected chi connectivity index (χ3v) is 3.38. The molecule has 1 heterocycles. The molecule has 0 aromatic heterocycles. The Bertz CT molecular complexity index is 440.